The van der Waals surface area contributed by atoms with Crippen molar-refractivity contribution in [2.75, 3.05) is 12.8 Å². The van der Waals surface area contributed by atoms with Crippen molar-refractivity contribution in [3.05, 3.63) is 18.0 Å². The Morgan fingerprint density at radius 1 is 1.57 bits per heavy atom. The van der Waals surface area contributed by atoms with E-state index >= 15 is 0 Å². The van der Waals surface area contributed by atoms with Crippen molar-refractivity contribution in [2.24, 2.45) is 7.05 Å². The van der Waals surface area contributed by atoms with Crippen LogP contribution in [0.2, 0.25) is 0 Å². The van der Waals surface area contributed by atoms with E-state index in [0.29, 0.717) is 12.3 Å². The van der Waals surface area contributed by atoms with Crippen LogP contribution >= 0.6 is 11.8 Å². The van der Waals surface area contributed by atoms with E-state index < -0.39 is 12.0 Å². The maximum absolute atomic E-state index is 12.6. The van der Waals surface area contributed by atoms with E-state index in [4.69, 9.17) is 0 Å². The van der Waals surface area contributed by atoms with E-state index in [1.54, 1.807) is 22.8 Å². The van der Waals surface area contributed by atoms with E-state index in [2.05, 4.69) is 5.10 Å². The highest BCUT2D eigenvalue weighted by Gasteiger charge is 2.41. The SMILES string of the molecule is CCC1SCC(C(=O)O)N1C(=O)N(C)Cc1cnn(C)c1. The van der Waals surface area contributed by atoms with Gasteiger partial charge in [-0.25, -0.2) is 9.59 Å². The minimum atomic E-state index is -0.943. The molecule has 0 saturated carbocycles. The van der Waals surface area contributed by atoms with Crippen molar-refractivity contribution in [1.82, 2.24) is 19.6 Å². The van der Waals surface area contributed by atoms with Gasteiger partial charge in [-0.05, 0) is 6.42 Å². The highest BCUT2D eigenvalue weighted by Crippen LogP contribution is 2.32. The number of amides is 2. The third-order valence-corrected chi connectivity index (χ3v) is 4.91. The molecule has 0 aromatic carbocycles. The number of aliphatic carboxylic acids is 1. The van der Waals surface area contributed by atoms with Gasteiger partial charge in [0.05, 0.1) is 18.1 Å². The van der Waals surface area contributed by atoms with Gasteiger partial charge < -0.3 is 10.0 Å². The van der Waals surface area contributed by atoms with Crippen LogP contribution < -0.4 is 0 Å². The molecule has 1 aliphatic heterocycles. The number of carbonyl (C=O) groups excluding carboxylic acids is 1. The van der Waals surface area contributed by atoms with Gasteiger partial charge >= 0.3 is 12.0 Å². The van der Waals surface area contributed by atoms with Gasteiger partial charge in [-0.1, -0.05) is 6.92 Å². The number of carboxylic acid groups (broad SMARTS) is 1. The molecule has 1 fully saturated rings. The first kappa shape index (κ1) is 15.7. The topological polar surface area (TPSA) is 78.7 Å². The molecule has 7 nitrogen and oxygen atoms in total. The number of aryl methyl sites for hydroxylation is 1. The molecule has 1 aromatic heterocycles. The van der Waals surface area contributed by atoms with E-state index in [0.717, 1.165) is 12.0 Å². The third kappa shape index (κ3) is 3.31. The zero-order valence-corrected chi connectivity index (χ0v) is 13.2. The Bertz CT molecular complexity index is 533. The molecular formula is C13H20N4O3S. The lowest BCUT2D eigenvalue weighted by molar-refractivity contribution is -0.141. The van der Waals surface area contributed by atoms with Crippen molar-refractivity contribution in [3.63, 3.8) is 0 Å². The number of aromatic nitrogens is 2. The molecule has 2 amide bonds. The summed E-state index contributed by atoms with van der Waals surface area (Å²) in [6.07, 6.45) is 4.28. The van der Waals surface area contributed by atoms with Gasteiger partial charge in [0.15, 0.2) is 0 Å². The smallest absolute Gasteiger partial charge is 0.327 e. The quantitative estimate of drug-likeness (QED) is 0.904. The lowest BCUT2D eigenvalue weighted by Crippen LogP contribution is -2.50. The molecule has 2 atom stereocenters. The van der Waals surface area contributed by atoms with Gasteiger partial charge in [-0.2, -0.15) is 5.10 Å². The lowest BCUT2D eigenvalue weighted by atomic mass is 10.2. The molecule has 2 unspecified atom stereocenters. The first-order chi connectivity index (χ1) is 9.93. The molecule has 116 valence electrons. The Hall–Kier alpha value is -1.70. The highest BCUT2D eigenvalue weighted by atomic mass is 32.2. The van der Waals surface area contributed by atoms with Crippen molar-refractivity contribution in [2.45, 2.75) is 31.3 Å². The van der Waals surface area contributed by atoms with Crippen LogP contribution in [0.15, 0.2) is 12.4 Å². The summed E-state index contributed by atoms with van der Waals surface area (Å²) in [5.41, 5.74) is 0.917. The normalized spacial score (nSPS) is 21.6. The lowest BCUT2D eigenvalue weighted by Gasteiger charge is -2.31. The van der Waals surface area contributed by atoms with Crippen molar-refractivity contribution in [1.29, 1.82) is 0 Å². The molecule has 1 aromatic rings. The van der Waals surface area contributed by atoms with Crippen LogP contribution in [-0.2, 0) is 18.4 Å². The van der Waals surface area contributed by atoms with Crippen LogP contribution in [0.25, 0.3) is 0 Å². The van der Waals surface area contributed by atoms with Crippen LogP contribution in [0.3, 0.4) is 0 Å². The fourth-order valence-corrected chi connectivity index (χ4v) is 3.76. The van der Waals surface area contributed by atoms with Gasteiger partial charge in [0.1, 0.15) is 6.04 Å². The summed E-state index contributed by atoms with van der Waals surface area (Å²) >= 11 is 1.52. The van der Waals surface area contributed by atoms with E-state index in [-0.39, 0.29) is 11.4 Å². The maximum Gasteiger partial charge on any atom is 0.327 e. The fourth-order valence-electron chi connectivity index (χ4n) is 2.42. The Labute approximate surface area is 127 Å². The van der Waals surface area contributed by atoms with Crippen LogP contribution in [0.1, 0.15) is 18.9 Å². The molecule has 8 heteroatoms. The molecule has 1 aliphatic rings. The van der Waals surface area contributed by atoms with E-state index in [1.165, 1.54) is 16.7 Å². The van der Waals surface area contributed by atoms with Crippen LogP contribution in [-0.4, -0.2) is 60.9 Å². The predicted octanol–water partition coefficient (Wildman–Crippen LogP) is 1.21. The van der Waals surface area contributed by atoms with E-state index in [1.807, 2.05) is 20.2 Å². The molecule has 1 N–H and O–H groups in total. The van der Waals surface area contributed by atoms with Gasteiger partial charge in [0.2, 0.25) is 0 Å². The fraction of sp³-hybridized carbons (Fsp3) is 0.615. The van der Waals surface area contributed by atoms with E-state index in [9.17, 15) is 14.7 Å². The number of carboxylic acids is 1. The number of urea groups is 1. The minimum Gasteiger partial charge on any atom is -0.480 e. The van der Waals surface area contributed by atoms with Gasteiger partial charge in [-0.15, -0.1) is 11.8 Å². The number of rotatable bonds is 4. The summed E-state index contributed by atoms with van der Waals surface area (Å²) in [6.45, 7) is 2.37. The minimum absolute atomic E-state index is 0.0741. The summed E-state index contributed by atoms with van der Waals surface area (Å²) in [6, 6.07) is -0.994. The molecule has 0 aliphatic carbocycles. The number of carbonyl (C=O) groups is 2. The number of hydrogen-bond acceptors (Lipinski definition) is 4. The molecule has 0 radical (unpaired) electrons. The average Bonchev–Trinajstić information content (AvgIpc) is 3.03. The van der Waals surface area contributed by atoms with Crippen LogP contribution in [0, 0.1) is 0 Å². The van der Waals surface area contributed by atoms with Gasteiger partial charge in [0, 0.05) is 31.6 Å². The molecule has 0 bridgehead atoms. The van der Waals surface area contributed by atoms with Crippen molar-refractivity contribution < 1.29 is 14.7 Å². The zero-order chi connectivity index (χ0) is 15.6. The summed E-state index contributed by atoms with van der Waals surface area (Å²) in [7, 11) is 3.50. The molecule has 2 heterocycles. The third-order valence-electron chi connectivity index (χ3n) is 3.45. The first-order valence-corrected chi connectivity index (χ1v) is 7.84. The number of nitrogens with zero attached hydrogens (tertiary/aromatic N) is 4. The average molecular weight is 312 g/mol. The molecule has 0 spiro atoms. The predicted molar refractivity (Wildman–Crippen MR) is 79.9 cm³/mol. The first-order valence-electron chi connectivity index (χ1n) is 6.79. The highest BCUT2D eigenvalue weighted by molar-refractivity contribution is 8.00. The summed E-state index contributed by atoms with van der Waals surface area (Å²) in [5, 5.41) is 13.3. The van der Waals surface area contributed by atoms with Crippen molar-refractivity contribution in [3.8, 4) is 0 Å². The molecule has 21 heavy (non-hydrogen) atoms. The summed E-state index contributed by atoms with van der Waals surface area (Å²) < 4.78 is 1.67. The molecular weight excluding hydrogens is 292 g/mol. The Balaban J connectivity index is 2.10. The number of thioether (sulfide) groups is 1. The Kier molecular flexibility index (Phi) is 4.76. The van der Waals surface area contributed by atoms with Gasteiger partial charge in [0.25, 0.3) is 0 Å². The van der Waals surface area contributed by atoms with Gasteiger partial charge in [-0.3, -0.25) is 9.58 Å². The largest absolute Gasteiger partial charge is 0.480 e. The molecule has 2 rings (SSSR count). The second-order valence-electron chi connectivity index (χ2n) is 5.12. The molecule has 1 saturated heterocycles. The van der Waals surface area contributed by atoms with Crippen LogP contribution in [0.5, 0.6) is 0 Å². The standard InChI is InChI=1S/C13H20N4O3S/c1-4-11-17(10(8-21-11)12(18)19)13(20)15(2)6-9-5-14-16(3)7-9/h5,7,10-11H,4,6,8H2,1-3H3,(H,18,19). The van der Waals surface area contributed by atoms with Crippen molar-refractivity contribution >= 4 is 23.8 Å². The Morgan fingerprint density at radius 2 is 2.29 bits per heavy atom. The second-order valence-corrected chi connectivity index (χ2v) is 6.33. The second kappa shape index (κ2) is 6.38. The summed E-state index contributed by atoms with van der Waals surface area (Å²) in [5.74, 6) is -0.498. The summed E-state index contributed by atoms with van der Waals surface area (Å²) in [4.78, 5) is 26.9. The Morgan fingerprint density at radius 3 is 2.81 bits per heavy atom. The zero-order valence-electron chi connectivity index (χ0n) is 12.4. The monoisotopic (exact) mass is 312 g/mol. The van der Waals surface area contributed by atoms with Crippen LogP contribution in [0.4, 0.5) is 4.79 Å². The maximum atomic E-state index is 12.6. The number of hydrogen-bond donors (Lipinski definition) is 1.